The average Bonchev–Trinajstić information content (AvgIpc) is 3.32. The highest BCUT2D eigenvalue weighted by Gasteiger charge is 2.25. The molecule has 0 saturated carbocycles. The number of nitriles is 1. The third kappa shape index (κ3) is 4.50. The molecule has 1 atom stereocenters. The molecule has 1 unspecified atom stereocenters. The molecule has 6 nitrogen and oxygen atoms in total. The fourth-order valence-electron chi connectivity index (χ4n) is 3.96. The summed E-state index contributed by atoms with van der Waals surface area (Å²) < 4.78 is 1.97. The molecule has 0 radical (unpaired) electrons. The summed E-state index contributed by atoms with van der Waals surface area (Å²) in [6.45, 7) is 8.67. The summed E-state index contributed by atoms with van der Waals surface area (Å²) in [6, 6.07) is 10.3. The lowest BCUT2D eigenvalue weighted by Crippen LogP contribution is -2.15. The van der Waals surface area contributed by atoms with Gasteiger partial charge in [0.25, 0.3) is 0 Å². The maximum atomic E-state index is 12.7. The number of aryl methyl sites for hydroxylation is 1. The first-order chi connectivity index (χ1) is 15.5. The van der Waals surface area contributed by atoms with E-state index in [2.05, 4.69) is 35.1 Å². The van der Waals surface area contributed by atoms with E-state index in [4.69, 9.17) is 0 Å². The van der Waals surface area contributed by atoms with Crippen molar-refractivity contribution >= 4 is 34.0 Å². The predicted octanol–water partition coefficient (Wildman–Crippen LogP) is 5.23. The van der Waals surface area contributed by atoms with Crippen LogP contribution in [0, 0.1) is 24.2 Å². The quantitative estimate of drug-likeness (QED) is 0.383. The second-order valence-corrected chi connectivity index (χ2v) is 10.1. The summed E-state index contributed by atoms with van der Waals surface area (Å²) in [6.07, 6.45) is 4.77. The highest BCUT2D eigenvalue weighted by molar-refractivity contribution is 7.99. The second-order valence-electron chi connectivity index (χ2n) is 8.02. The fraction of sp³-hybridized carbons (Fsp3) is 0.333. The fourth-order valence-corrected chi connectivity index (χ4v) is 6.09. The first-order valence-corrected chi connectivity index (χ1v) is 12.4. The topological polar surface area (TPSA) is 83.6 Å². The normalized spacial score (nSPS) is 15.1. The van der Waals surface area contributed by atoms with Crippen LogP contribution in [0.2, 0.25) is 0 Å². The van der Waals surface area contributed by atoms with Gasteiger partial charge in [-0.2, -0.15) is 5.26 Å². The number of fused-ring (bicyclic) bond motifs is 1. The van der Waals surface area contributed by atoms with Gasteiger partial charge in [-0.1, -0.05) is 49.0 Å². The van der Waals surface area contributed by atoms with Crippen molar-refractivity contribution in [3.8, 4) is 17.5 Å². The van der Waals surface area contributed by atoms with Gasteiger partial charge in [0, 0.05) is 17.0 Å². The Kier molecular flexibility index (Phi) is 6.77. The summed E-state index contributed by atoms with van der Waals surface area (Å²) in [7, 11) is 0. The van der Waals surface area contributed by atoms with E-state index in [0.717, 1.165) is 41.8 Å². The van der Waals surface area contributed by atoms with Crippen LogP contribution in [0.15, 0.2) is 42.1 Å². The smallest absolute Gasteiger partial charge is 0.235 e. The minimum atomic E-state index is -0.149. The Hall–Kier alpha value is -2.89. The lowest BCUT2D eigenvalue weighted by molar-refractivity contribution is -0.113. The van der Waals surface area contributed by atoms with Crippen LogP contribution in [0.1, 0.15) is 34.9 Å². The summed E-state index contributed by atoms with van der Waals surface area (Å²) >= 11 is 2.88. The highest BCUT2D eigenvalue weighted by Crippen LogP contribution is 2.39. The van der Waals surface area contributed by atoms with Crippen molar-refractivity contribution in [1.29, 1.82) is 5.26 Å². The van der Waals surface area contributed by atoms with Crippen molar-refractivity contribution in [3.63, 3.8) is 0 Å². The van der Waals surface area contributed by atoms with Gasteiger partial charge in [0.05, 0.1) is 11.3 Å². The molecule has 1 aliphatic rings. The summed E-state index contributed by atoms with van der Waals surface area (Å²) in [5.41, 5.74) is 3.87. The number of benzene rings is 1. The number of carbonyl (C=O) groups excluding carboxylic acids is 1. The second kappa shape index (κ2) is 9.72. The average molecular weight is 464 g/mol. The van der Waals surface area contributed by atoms with E-state index in [1.54, 1.807) is 17.4 Å². The van der Waals surface area contributed by atoms with Crippen molar-refractivity contribution in [3.05, 3.63) is 58.5 Å². The Labute approximate surface area is 196 Å². The number of thiophene rings is 1. The van der Waals surface area contributed by atoms with Crippen LogP contribution >= 0.6 is 23.1 Å². The highest BCUT2D eigenvalue weighted by atomic mass is 32.2. The van der Waals surface area contributed by atoms with Gasteiger partial charge < -0.3 is 5.32 Å². The van der Waals surface area contributed by atoms with Gasteiger partial charge in [-0.3, -0.25) is 9.36 Å². The van der Waals surface area contributed by atoms with Crippen LogP contribution < -0.4 is 5.32 Å². The molecule has 8 heteroatoms. The first kappa shape index (κ1) is 22.3. The number of carbonyl (C=O) groups is 1. The number of anilines is 1. The molecule has 4 rings (SSSR count). The molecule has 1 aromatic carbocycles. The van der Waals surface area contributed by atoms with Crippen LogP contribution in [0.25, 0.3) is 11.4 Å². The number of hydrogen-bond acceptors (Lipinski definition) is 6. The van der Waals surface area contributed by atoms with Gasteiger partial charge in [0.1, 0.15) is 11.1 Å². The van der Waals surface area contributed by atoms with E-state index in [0.29, 0.717) is 28.2 Å². The lowest BCUT2D eigenvalue weighted by Gasteiger charge is -2.17. The van der Waals surface area contributed by atoms with E-state index < -0.39 is 0 Å². The van der Waals surface area contributed by atoms with Crippen LogP contribution in [-0.4, -0.2) is 26.4 Å². The lowest BCUT2D eigenvalue weighted by atomic mass is 9.89. The molecule has 0 aliphatic heterocycles. The van der Waals surface area contributed by atoms with Crippen molar-refractivity contribution in [1.82, 2.24) is 14.8 Å². The Morgan fingerprint density at radius 3 is 3.00 bits per heavy atom. The number of nitrogens with one attached hydrogen (secondary N) is 1. The molecule has 0 fully saturated rings. The summed E-state index contributed by atoms with van der Waals surface area (Å²) in [5, 5.41) is 22.6. The van der Waals surface area contributed by atoms with Crippen molar-refractivity contribution in [2.75, 3.05) is 11.1 Å². The van der Waals surface area contributed by atoms with Gasteiger partial charge in [-0.05, 0) is 43.2 Å². The molecule has 0 saturated heterocycles. The van der Waals surface area contributed by atoms with Gasteiger partial charge in [0.2, 0.25) is 5.91 Å². The third-order valence-electron chi connectivity index (χ3n) is 5.62. The maximum Gasteiger partial charge on any atom is 0.235 e. The predicted molar refractivity (Wildman–Crippen MR) is 130 cm³/mol. The number of nitrogens with zero attached hydrogens (tertiary/aromatic N) is 4. The van der Waals surface area contributed by atoms with Gasteiger partial charge in [-0.25, -0.2) is 0 Å². The van der Waals surface area contributed by atoms with Crippen LogP contribution in [-0.2, 0) is 24.2 Å². The molecule has 1 N–H and O–H groups in total. The number of thioether (sulfide) groups is 1. The number of rotatable bonds is 7. The van der Waals surface area contributed by atoms with Crippen LogP contribution in [0.4, 0.5) is 5.00 Å². The standard InChI is InChI=1S/C24H25N5OS2/c1-4-11-29-22(17-8-6-5-7-16(17)3)27-28-24(29)31-14-21(30)26-23-19(13-25)18-10-9-15(2)12-20(18)32-23/h4-8,15H,1,9-12,14H2,2-3H3,(H,26,30). The zero-order valence-corrected chi connectivity index (χ0v) is 19.9. The SMILES string of the molecule is C=CCn1c(SCC(=O)Nc2sc3c(c2C#N)CCC(C)C3)nnc1-c1ccccc1C. The Morgan fingerprint density at radius 1 is 1.44 bits per heavy atom. The molecule has 0 bridgehead atoms. The van der Waals surface area contributed by atoms with Crippen molar-refractivity contribution in [2.45, 2.75) is 44.8 Å². The Bertz CT molecular complexity index is 1200. The molecule has 0 spiro atoms. The first-order valence-electron chi connectivity index (χ1n) is 10.6. The molecular formula is C24H25N5OS2. The number of allylic oxidation sites excluding steroid dienone is 1. The van der Waals surface area contributed by atoms with E-state index in [1.165, 1.54) is 16.6 Å². The zero-order chi connectivity index (χ0) is 22.7. The largest absolute Gasteiger partial charge is 0.316 e. The molecule has 32 heavy (non-hydrogen) atoms. The van der Waals surface area contributed by atoms with Crippen LogP contribution in [0.3, 0.4) is 0 Å². The summed E-state index contributed by atoms with van der Waals surface area (Å²) in [5.74, 6) is 1.42. The Balaban J connectivity index is 1.49. The van der Waals surface area contributed by atoms with Gasteiger partial charge >= 0.3 is 0 Å². The van der Waals surface area contributed by atoms with E-state index in [-0.39, 0.29) is 11.7 Å². The molecule has 2 heterocycles. The molecule has 2 aromatic heterocycles. The van der Waals surface area contributed by atoms with E-state index in [9.17, 15) is 10.1 Å². The third-order valence-corrected chi connectivity index (χ3v) is 7.76. The Morgan fingerprint density at radius 2 is 2.25 bits per heavy atom. The molecular weight excluding hydrogens is 438 g/mol. The van der Waals surface area contributed by atoms with Gasteiger partial charge in [-0.15, -0.1) is 28.1 Å². The number of amides is 1. The van der Waals surface area contributed by atoms with Crippen LogP contribution in [0.5, 0.6) is 0 Å². The van der Waals surface area contributed by atoms with E-state index in [1.807, 2.05) is 35.8 Å². The van der Waals surface area contributed by atoms with E-state index >= 15 is 0 Å². The minimum absolute atomic E-state index is 0.149. The van der Waals surface area contributed by atoms with Gasteiger partial charge in [0.15, 0.2) is 11.0 Å². The molecule has 3 aromatic rings. The molecule has 1 amide bonds. The summed E-state index contributed by atoms with van der Waals surface area (Å²) in [4.78, 5) is 14.0. The number of aromatic nitrogens is 3. The minimum Gasteiger partial charge on any atom is -0.316 e. The monoisotopic (exact) mass is 463 g/mol. The molecule has 1 aliphatic carbocycles. The molecule has 164 valence electrons. The number of hydrogen-bond donors (Lipinski definition) is 1. The zero-order valence-electron chi connectivity index (χ0n) is 18.2. The maximum absolute atomic E-state index is 12.7. The van der Waals surface area contributed by atoms with Crippen molar-refractivity contribution < 1.29 is 4.79 Å². The van der Waals surface area contributed by atoms with Crippen molar-refractivity contribution in [2.24, 2.45) is 5.92 Å².